The SMILES string of the molecule is Cc1cc(C)nc(Nc2ccc(C3CCCN(C(=O)CCCc4ccc(F)cc4)C3)nc2)n1. The van der Waals surface area contributed by atoms with E-state index in [1.807, 2.05) is 36.9 Å². The maximum Gasteiger partial charge on any atom is 0.227 e. The average molecular weight is 448 g/mol. The zero-order chi connectivity index (χ0) is 23.2. The second-order valence-corrected chi connectivity index (χ2v) is 8.73. The van der Waals surface area contributed by atoms with Gasteiger partial charge in [-0.15, -0.1) is 0 Å². The number of piperidine rings is 1. The summed E-state index contributed by atoms with van der Waals surface area (Å²) in [5.74, 6) is 0.765. The van der Waals surface area contributed by atoms with Crippen molar-refractivity contribution in [2.45, 2.75) is 51.9 Å². The van der Waals surface area contributed by atoms with Crippen LogP contribution in [-0.4, -0.2) is 38.8 Å². The zero-order valence-electron chi connectivity index (χ0n) is 19.2. The van der Waals surface area contributed by atoms with Gasteiger partial charge in [0.25, 0.3) is 0 Å². The van der Waals surface area contributed by atoms with Gasteiger partial charge in [-0.1, -0.05) is 12.1 Å². The molecule has 0 saturated carbocycles. The van der Waals surface area contributed by atoms with Gasteiger partial charge in [-0.05, 0) is 75.4 Å². The lowest BCUT2D eigenvalue weighted by Crippen LogP contribution is -2.39. The first-order valence-electron chi connectivity index (χ1n) is 11.5. The third kappa shape index (κ3) is 6.34. The molecule has 6 nitrogen and oxygen atoms in total. The molecule has 1 fully saturated rings. The van der Waals surface area contributed by atoms with Crippen LogP contribution in [-0.2, 0) is 11.2 Å². The Bertz CT molecular complexity index is 1060. The maximum absolute atomic E-state index is 13.0. The highest BCUT2D eigenvalue weighted by atomic mass is 19.1. The number of benzene rings is 1. The smallest absolute Gasteiger partial charge is 0.227 e. The number of pyridine rings is 1. The van der Waals surface area contributed by atoms with Crippen molar-refractivity contribution in [3.63, 3.8) is 0 Å². The van der Waals surface area contributed by atoms with Crippen molar-refractivity contribution in [2.75, 3.05) is 18.4 Å². The largest absolute Gasteiger partial charge is 0.342 e. The van der Waals surface area contributed by atoms with Gasteiger partial charge in [-0.2, -0.15) is 0 Å². The number of amides is 1. The minimum Gasteiger partial charge on any atom is -0.342 e. The van der Waals surface area contributed by atoms with E-state index in [1.165, 1.54) is 12.1 Å². The minimum absolute atomic E-state index is 0.187. The lowest BCUT2D eigenvalue weighted by molar-refractivity contribution is -0.132. The number of aryl methyl sites for hydroxylation is 3. The van der Waals surface area contributed by atoms with E-state index >= 15 is 0 Å². The molecule has 1 unspecified atom stereocenters. The monoisotopic (exact) mass is 447 g/mol. The molecule has 0 spiro atoms. The van der Waals surface area contributed by atoms with Gasteiger partial charge in [0.05, 0.1) is 11.9 Å². The van der Waals surface area contributed by atoms with Gasteiger partial charge in [0.2, 0.25) is 11.9 Å². The number of aromatic nitrogens is 3. The van der Waals surface area contributed by atoms with Crippen molar-refractivity contribution in [3.8, 4) is 0 Å². The molecule has 3 heterocycles. The van der Waals surface area contributed by atoms with Gasteiger partial charge in [-0.25, -0.2) is 14.4 Å². The first-order chi connectivity index (χ1) is 16.0. The van der Waals surface area contributed by atoms with Gasteiger partial charge in [-0.3, -0.25) is 9.78 Å². The van der Waals surface area contributed by atoms with Gasteiger partial charge in [0.1, 0.15) is 5.82 Å². The van der Waals surface area contributed by atoms with Crippen molar-refractivity contribution in [1.29, 1.82) is 0 Å². The molecule has 1 atom stereocenters. The molecule has 1 N–H and O–H groups in total. The number of nitrogens with one attached hydrogen (secondary N) is 1. The van der Waals surface area contributed by atoms with Crippen LogP contribution in [0.1, 0.15) is 54.2 Å². The van der Waals surface area contributed by atoms with Crippen LogP contribution in [0.4, 0.5) is 16.0 Å². The molecule has 4 rings (SSSR count). The Balaban J connectivity index is 1.30. The van der Waals surface area contributed by atoms with E-state index in [9.17, 15) is 9.18 Å². The first kappa shape index (κ1) is 22.8. The van der Waals surface area contributed by atoms with Gasteiger partial charge < -0.3 is 10.2 Å². The van der Waals surface area contributed by atoms with Gasteiger partial charge in [0, 0.05) is 42.5 Å². The second kappa shape index (κ2) is 10.5. The molecule has 1 amide bonds. The molecule has 1 aliphatic heterocycles. The third-order valence-electron chi connectivity index (χ3n) is 5.99. The Hall–Kier alpha value is -3.35. The van der Waals surface area contributed by atoms with E-state index in [-0.39, 0.29) is 17.6 Å². The van der Waals surface area contributed by atoms with E-state index in [4.69, 9.17) is 0 Å². The zero-order valence-corrected chi connectivity index (χ0v) is 19.2. The van der Waals surface area contributed by atoms with Crippen LogP contribution in [0.5, 0.6) is 0 Å². The fourth-order valence-corrected chi connectivity index (χ4v) is 4.33. The van der Waals surface area contributed by atoms with Crippen molar-refractivity contribution in [1.82, 2.24) is 19.9 Å². The molecule has 2 aromatic heterocycles. The molecule has 3 aromatic rings. The van der Waals surface area contributed by atoms with Crippen molar-refractivity contribution >= 4 is 17.5 Å². The molecule has 0 radical (unpaired) electrons. The number of hydrogen-bond donors (Lipinski definition) is 1. The molecule has 1 saturated heterocycles. The number of carbonyl (C=O) groups excluding carboxylic acids is 1. The highest BCUT2D eigenvalue weighted by Gasteiger charge is 2.25. The summed E-state index contributed by atoms with van der Waals surface area (Å²) in [5.41, 5.74) is 4.74. The second-order valence-electron chi connectivity index (χ2n) is 8.73. The van der Waals surface area contributed by atoms with E-state index in [0.29, 0.717) is 18.9 Å². The van der Waals surface area contributed by atoms with E-state index in [1.54, 1.807) is 18.3 Å². The van der Waals surface area contributed by atoms with Crippen LogP contribution >= 0.6 is 0 Å². The van der Waals surface area contributed by atoms with Gasteiger partial charge >= 0.3 is 0 Å². The molecule has 1 aliphatic rings. The Kier molecular flexibility index (Phi) is 7.27. The fourth-order valence-electron chi connectivity index (χ4n) is 4.33. The average Bonchev–Trinajstić information content (AvgIpc) is 2.80. The van der Waals surface area contributed by atoms with Crippen LogP contribution in [0.2, 0.25) is 0 Å². The minimum atomic E-state index is -0.231. The van der Waals surface area contributed by atoms with Crippen molar-refractivity contribution < 1.29 is 9.18 Å². The predicted molar refractivity (Wildman–Crippen MR) is 127 cm³/mol. The standard InChI is InChI=1S/C26H30FN5O/c1-18-15-19(2)30-26(29-18)31-23-12-13-24(28-16-23)21-6-4-14-32(17-21)25(33)7-3-5-20-8-10-22(27)11-9-20/h8-13,15-16,21H,3-7,14,17H2,1-2H3,(H,29,30,31). The lowest BCUT2D eigenvalue weighted by Gasteiger charge is -2.32. The summed E-state index contributed by atoms with van der Waals surface area (Å²) in [6, 6.07) is 12.5. The van der Waals surface area contributed by atoms with E-state index in [2.05, 4.69) is 20.3 Å². The number of hydrogen-bond acceptors (Lipinski definition) is 5. The third-order valence-corrected chi connectivity index (χ3v) is 5.99. The molecule has 7 heteroatoms. The summed E-state index contributed by atoms with van der Waals surface area (Å²) in [4.78, 5) is 28.2. The summed E-state index contributed by atoms with van der Waals surface area (Å²) in [7, 11) is 0. The number of anilines is 2. The van der Waals surface area contributed by atoms with Crippen molar-refractivity contribution in [3.05, 3.63) is 77.1 Å². The highest BCUT2D eigenvalue weighted by molar-refractivity contribution is 5.76. The number of nitrogens with zero attached hydrogens (tertiary/aromatic N) is 4. The molecule has 0 aliphatic carbocycles. The van der Waals surface area contributed by atoms with Crippen LogP contribution < -0.4 is 5.32 Å². The summed E-state index contributed by atoms with van der Waals surface area (Å²) in [6.07, 6.45) is 5.87. The number of carbonyl (C=O) groups is 1. The summed E-state index contributed by atoms with van der Waals surface area (Å²) >= 11 is 0. The molecular weight excluding hydrogens is 417 g/mol. The number of rotatable bonds is 7. The van der Waals surface area contributed by atoms with E-state index in [0.717, 1.165) is 60.6 Å². The maximum atomic E-state index is 13.0. The lowest BCUT2D eigenvalue weighted by atomic mass is 9.94. The number of likely N-dealkylation sites (tertiary alicyclic amines) is 1. The van der Waals surface area contributed by atoms with Crippen LogP contribution in [0.3, 0.4) is 0 Å². The molecule has 33 heavy (non-hydrogen) atoms. The summed E-state index contributed by atoms with van der Waals surface area (Å²) in [5, 5.41) is 3.21. The Labute approximate surface area is 194 Å². The Morgan fingerprint density at radius 3 is 2.58 bits per heavy atom. The van der Waals surface area contributed by atoms with Gasteiger partial charge in [0.15, 0.2) is 0 Å². The normalized spacial score (nSPS) is 16.0. The van der Waals surface area contributed by atoms with Crippen LogP contribution in [0.25, 0.3) is 0 Å². The molecule has 0 bridgehead atoms. The Morgan fingerprint density at radius 2 is 1.88 bits per heavy atom. The van der Waals surface area contributed by atoms with E-state index < -0.39 is 0 Å². The highest BCUT2D eigenvalue weighted by Crippen LogP contribution is 2.27. The summed E-state index contributed by atoms with van der Waals surface area (Å²) < 4.78 is 13.0. The van der Waals surface area contributed by atoms with Crippen LogP contribution in [0, 0.1) is 19.7 Å². The topological polar surface area (TPSA) is 71.0 Å². The molecule has 1 aromatic carbocycles. The summed E-state index contributed by atoms with van der Waals surface area (Å²) in [6.45, 7) is 5.39. The first-order valence-corrected chi connectivity index (χ1v) is 11.5. The quantitative estimate of drug-likeness (QED) is 0.546. The fraction of sp³-hybridized carbons (Fsp3) is 0.385. The predicted octanol–water partition coefficient (Wildman–Crippen LogP) is 5.10. The molecule has 172 valence electrons. The Morgan fingerprint density at radius 1 is 1.12 bits per heavy atom. The molecular formula is C26H30FN5O. The van der Waals surface area contributed by atoms with Crippen LogP contribution in [0.15, 0.2) is 48.7 Å². The number of halogens is 1. The van der Waals surface area contributed by atoms with Crippen molar-refractivity contribution in [2.24, 2.45) is 0 Å².